The monoisotopic (exact) mass is 295 g/mol. The number of nitro benzene ring substituents is 1. The summed E-state index contributed by atoms with van der Waals surface area (Å²) in [6, 6.07) is 2.84. The van der Waals surface area contributed by atoms with Crippen molar-refractivity contribution in [1.82, 2.24) is 10.3 Å². The van der Waals surface area contributed by atoms with Gasteiger partial charge in [-0.3, -0.25) is 14.9 Å². The summed E-state index contributed by atoms with van der Waals surface area (Å²) in [5, 5.41) is 14.0. The van der Waals surface area contributed by atoms with Crippen LogP contribution < -0.4 is 5.32 Å². The smallest absolute Gasteiger partial charge is 0.270 e. The molecule has 2 rings (SSSR count). The van der Waals surface area contributed by atoms with E-state index < -0.39 is 16.6 Å². The van der Waals surface area contributed by atoms with Crippen molar-refractivity contribution < 1.29 is 14.1 Å². The average Bonchev–Trinajstić information content (AvgIpc) is 2.82. The number of nitro groups is 1. The first-order valence-corrected chi connectivity index (χ1v) is 6.42. The predicted molar refractivity (Wildman–Crippen MR) is 71.1 cm³/mol. The van der Waals surface area contributed by atoms with Crippen molar-refractivity contribution in [2.24, 2.45) is 0 Å². The minimum atomic E-state index is -0.798. The van der Waals surface area contributed by atoms with Crippen LogP contribution in [0.25, 0.3) is 0 Å². The second-order valence-electron chi connectivity index (χ2n) is 3.95. The number of hydrogen-bond acceptors (Lipinski definition) is 5. The number of rotatable bonds is 4. The summed E-state index contributed by atoms with van der Waals surface area (Å²) in [6.07, 6.45) is 1.62. The number of hydrogen-bond donors (Lipinski definition) is 1. The second-order valence-corrected chi connectivity index (χ2v) is 5.27. The molecule has 1 N–H and O–H groups in total. The van der Waals surface area contributed by atoms with Crippen LogP contribution in [0.15, 0.2) is 24.4 Å². The van der Waals surface area contributed by atoms with Gasteiger partial charge in [0.25, 0.3) is 11.6 Å². The van der Waals surface area contributed by atoms with Crippen LogP contribution in [0.4, 0.5) is 10.1 Å². The van der Waals surface area contributed by atoms with Crippen molar-refractivity contribution in [2.45, 2.75) is 13.5 Å². The normalized spacial score (nSPS) is 10.3. The maximum Gasteiger partial charge on any atom is 0.270 e. The molecule has 0 aliphatic carbocycles. The molecule has 0 aliphatic rings. The molecule has 1 heterocycles. The lowest BCUT2D eigenvalue weighted by molar-refractivity contribution is -0.384. The van der Waals surface area contributed by atoms with E-state index in [0.29, 0.717) is 0 Å². The van der Waals surface area contributed by atoms with Crippen LogP contribution in [-0.4, -0.2) is 15.8 Å². The third kappa shape index (κ3) is 3.15. The zero-order chi connectivity index (χ0) is 14.7. The quantitative estimate of drug-likeness (QED) is 0.693. The molecule has 0 spiro atoms. The number of benzene rings is 1. The van der Waals surface area contributed by atoms with Crippen LogP contribution >= 0.6 is 11.3 Å². The predicted octanol–water partition coefficient (Wildman–Crippen LogP) is 2.43. The van der Waals surface area contributed by atoms with Gasteiger partial charge in [-0.1, -0.05) is 0 Å². The van der Waals surface area contributed by atoms with Gasteiger partial charge in [0.15, 0.2) is 0 Å². The van der Waals surface area contributed by atoms with Crippen molar-refractivity contribution in [2.75, 3.05) is 0 Å². The van der Waals surface area contributed by atoms with Crippen LogP contribution in [0.2, 0.25) is 0 Å². The number of amides is 1. The van der Waals surface area contributed by atoms with E-state index in [0.717, 1.165) is 28.1 Å². The Morgan fingerprint density at radius 3 is 2.90 bits per heavy atom. The molecule has 2 aromatic rings. The number of nitrogens with zero attached hydrogens (tertiary/aromatic N) is 2. The molecule has 6 nitrogen and oxygen atoms in total. The van der Waals surface area contributed by atoms with Crippen LogP contribution in [0, 0.1) is 22.9 Å². The molecule has 0 fully saturated rings. The molecule has 0 saturated carbocycles. The van der Waals surface area contributed by atoms with E-state index in [2.05, 4.69) is 10.3 Å². The van der Waals surface area contributed by atoms with Crippen molar-refractivity contribution in [3.63, 3.8) is 0 Å². The molecule has 1 aromatic heterocycles. The summed E-state index contributed by atoms with van der Waals surface area (Å²) in [4.78, 5) is 26.6. The van der Waals surface area contributed by atoms with Gasteiger partial charge in [0.05, 0.1) is 22.0 Å². The molecule has 20 heavy (non-hydrogen) atoms. The van der Waals surface area contributed by atoms with Gasteiger partial charge in [0.2, 0.25) is 0 Å². The summed E-state index contributed by atoms with van der Waals surface area (Å²) in [5.41, 5.74) is -0.675. The molecule has 1 aromatic carbocycles. The summed E-state index contributed by atoms with van der Waals surface area (Å²) in [5.74, 6) is -1.49. The Kier molecular flexibility index (Phi) is 4.04. The maximum atomic E-state index is 13.5. The Morgan fingerprint density at radius 1 is 1.55 bits per heavy atom. The first-order valence-electron chi connectivity index (χ1n) is 5.61. The highest BCUT2D eigenvalue weighted by Gasteiger charge is 2.16. The van der Waals surface area contributed by atoms with E-state index in [9.17, 15) is 19.3 Å². The standard InChI is InChI=1S/C12H10FN3O3S/c1-7-14-5-9(20-7)6-15-12(17)10-4-8(16(18)19)2-3-11(10)13/h2-5H,6H2,1H3,(H,15,17). The molecule has 0 bridgehead atoms. The summed E-state index contributed by atoms with van der Waals surface area (Å²) in [6.45, 7) is 2.03. The molecule has 1 amide bonds. The highest BCUT2D eigenvalue weighted by molar-refractivity contribution is 7.11. The van der Waals surface area contributed by atoms with Crippen LogP contribution in [0.3, 0.4) is 0 Å². The lowest BCUT2D eigenvalue weighted by Gasteiger charge is -2.04. The molecule has 0 atom stereocenters. The minimum absolute atomic E-state index is 0.201. The van der Waals surface area contributed by atoms with E-state index in [1.807, 2.05) is 6.92 Å². The zero-order valence-electron chi connectivity index (χ0n) is 10.4. The van der Waals surface area contributed by atoms with Gasteiger partial charge in [0, 0.05) is 23.2 Å². The Bertz CT molecular complexity index is 672. The lowest BCUT2D eigenvalue weighted by atomic mass is 10.1. The first-order chi connectivity index (χ1) is 9.47. The van der Waals surface area contributed by atoms with Gasteiger partial charge in [-0.25, -0.2) is 9.37 Å². The Morgan fingerprint density at radius 2 is 2.30 bits per heavy atom. The average molecular weight is 295 g/mol. The SMILES string of the molecule is Cc1ncc(CNC(=O)c2cc([N+](=O)[O-])ccc2F)s1. The van der Waals surface area contributed by atoms with E-state index in [-0.39, 0.29) is 17.8 Å². The molecular formula is C12H10FN3O3S. The Balaban J connectivity index is 2.12. The van der Waals surface area contributed by atoms with Crippen LogP contribution in [0.5, 0.6) is 0 Å². The summed E-state index contributed by atoms with van der Waals surface area (Å²) in [7, 11) is 0. The van der Waals surface area contributed by atoms with Crippen LogP contribution in [0.1, 0.15) is 20.2 Å². The second kappa shape index (κ2) is 5.74. The fraction of sp³-hybridized carbons (Fsp3) is 0.167. The largest absolute Gasteiger partial charge is 0.347 e. The molecular weight excluding hydrogens is 285 g/mol. The third-order valence-electron chi connectivity index (χ3n) is 2.50. The molecule has 0 saturated heterocycles. The molecule has 0 unspecified atom stereocenters. The number of thiazole rings is 1. The molecule has 104 valence electrons. The Hall–Kier alpha value is -2.35. The molecule has 8 heteroatoms. The minimum Gasteiger partial charge on any atom is -0.347 e. The number of carbonyl (C=O) groups excluding carboxylic acids is 1. The topological polar surface area (TPSA) is 85.1 Å². The van der Waals surface area contributed by atoms with Crippen LogP contribution in [-0.2, 0) is 6.54 Å². The fourth-order valence-electron chi connectivity index (χ4n) is 1.55. The number of non-ortho nitro benzene ring substituents is 1. The number of aromatic nitrogens is 1. The van der Waals surface area contributed by atoms with Gasteiger partial charge in [-0.2, -0.15) is 0 Å². The third-order valence-corrected chi connectivity index (χ3v) is 3.41. The van der Waals surface area contributed by atoms with Crippen molar-refractivity contribution >= 4 is 22.9 Å². The Labute approximate surface area is 117 Å². The highest BCUT2D eigenvalue weighted by Crippen LogP contribution is 2.17. The van der Waals surface area contributed by atoms with Gasteiger partial charge >= 0.3 is 0 Å². The van der Waals surface area contributed by atoms with E-state index >= 15 is 0 Å². The van der Waals surface area contributed by atoms with Gasteiger partial charge in [-0.15, -0.1) is 11.3 Å². The number of aryl methyl sites for hydroxylation is 1. The zero-order valence-corrected chi connectivity index (χ0v) is 11.2. The maximum absolute atomic E-state index is 13.5. The van der Waals surface area contributed by atoms with E-state index in [4.69, 9.17) is 0 Å². The number of nitrogens with one attached hydrogen (secondary N) is 1. The molecule has 0 aliphatic heterocycles. The lowest BCUT2D eigenvalue weighted by Crippen LogP contribution is -2.23. The fourth-order valence-corrected chi connectivity index (χ4v) is 2.29. The van der Waals surface area contributed by atoms with Crippen molar-refractivity contribution in [3.8, 4) is 0 Å². The van der Waals surface area contributed by atoms with Gasteiger partial charge in [0.1, 0.15) is 5.82 Å². The van der Waals surface area contributed by atoms with Gasteiger partial charge in [-0.05, 0) is 13.0 Å². The van der Waals surface area contributed by atoms with Crippen molar-refractivity contribution in [1.29, 1.82) is 0 Å². The first kappa shape index (κ1) is 14.1. The summed E-state index contributed by atoms with van der Waals surface area (Å²) < 4.78 is 13.5. The number of carbonyl (C=O) groups is 1. The highest BCUT2D eigenvalue weighted by atomic mass is 32.1. The summed E-state index contributed by atoms with van der Waals surface area (Å²) >= 11 is 1.41. The molecule has 0 radical (unpaired) electrons. The number of halogens is 1. The van der Waals surface area contributed by atoms with E-state index in [1.165, 1.54) is 11.3 Å². The van der Waals surface area contributed by atoms with E-state index in [1.54, 1.807) is 6.20 Å². The van der Waals surface area contributed by atoms with Crippen molar-refractivity contribution in [3.05, 3.63) is 55.8 Å². The van der Waals surface area contributed by atoms with Gasteiger partial charge < -0.3 is 5.32 Å².